The Kier molecular flexibility index (Phi) is 6.23. The molecule has 1 aliphatic carbocycles. The molecule has 0 spiro atoms. The minimum absolute atomic E-state index is 0.119. The van der Waals surface area contributed by atoms with E-state index in [1.54, 1.807) is 11.3 Å². The van der Waals surface area contributed by atoms with Crippen LogP contribution in [0.25, 0.3) is 0 Å². The molecule has 2 aromatic carbocycles. The molecule has 160 valence electrons. The van der Waals surface area contributed by atoms with Crippen molar-refractivity contribution in [3.05, 3.63) is 87.3 Å². The van der Waals surface area contributed by atoms with E-state index < -0.39 is 0 Å². The van der Waals surface area contributed by atoms with Crippen LogP contribution in [-0.4, -0.2) is 11.8 Å². The van der Waals surface area contributed by atoms with E-state index >= 15 is 0 Å². The summed E-state index contributed by atoms with van der Waals surface area (Å²) in [6.07, 6.45) is 2.88. The van der Waals surface area contributed by atoms with Crippen molar-refractivity contribution in [2.75, 3.05) is 5.32 Å². The number of amides is 2. The average Bonchev–Trinajstić information content (AvgIpc) is 3.11. The Morgan fingerprint density at radius 2 is 1.74 bits per heavy atom. The zero-order valence-corrected chi connectivity index (χ0v) is 19.0. The summed E-state index contributed by atoms with van der Waals surface area (Å²) in [5.74, 6) is 0.295. The number of fused-ring (bicyclic) bond motifs is 1. The minimum Gasteiger partial charge on any atom is -0.345 e. The largest absolute Gasteiger partial charge is 0.345 e. The van der Waals surface area contributed by atoms with Gasteiger partial charge in [0, 0.05) is 10.4 Å². The maximum atomic E-state index is 13.4. The summed E-state index contributed by atoms with van der Waals surface area (Å²) < 4.78 is 0. The van der Waals surface area contributed by atoms with E-state index in [0.717, 1.165) is 36.0 Å². The van der Waals surface area contributed by atoms with Gasteiger partial charge >= 0.3 is 0 Å². The summed E-state index contributed by atoms with van der Waals surface area (Å²) in [4.78, 5) is 27.6. The number of hydrogen-bond acceptors (Lipinski definition) is 3. The van der Waals surface area contributed by atoms with Crippen LogP contribution in [0.4, 0.5) is 5.00 Å². The van der Waals surface area contributed by atoms with Crippen molar-refractivity contribution < 1.29 is 9.59 Å². The van der Waals surface area contributed by atoms with Gasteiger partial charge in [-0.25, -0.2) is 0 Å². The Balaban J connectivity index is 1.65. The van der Waals surface area contributed by atoms with Crippen LogP contribution in [0.3, 0.4) is 0 Å². The second-order valence-electron chi connectivity index (χ2n) is 8.43. The van der Waals surface area contributed by atoms with E-state index in [0.29, 0.717) is 22.0 Å². The second-order valence-corrected chi connectivity index (χ2v) is 9.54. The molecule has 5 heteroatoms. The molecule has 1 aromatic heterocycles. The van der Waals surface area contributed by atoms with Crippen molar-refractivity contribution >= 4 is 28.2 Å². The third-order valence-corrected chi connectivity index (χ3v) is 7.17. The lowest BCUT2D eigenvalue weighted by Crippen LogP contribution is -2.28. The quantitative estimate of drug-likeness (QED) is 0.525. The van der Waals surface area contributed by atoms with Gasteiger partial charge in [0.2, 0.25) is 0 Å². The summed E-state index contributed by atoms with van der Waals surface area (Å²) in [5, 5.41) is 6.85. The molecule has 0 fully saturated rings. The lowest BCUT2D eigenvalue weighted by molar-refractivity contribution is 0.0940. The lowest BCUT2D eigenvalue weighted by atomic mass is 9.88. The third kappa shape index (κ3) is 4.57. The smallest absolute Gasteiger partial charge is 0.256 e. The number of thiophene rings is 1. The highest BCUT2D eigenvalue weighted by atomic mass is 32.1. The molecule has 4 rings (SSSR count). The molecule has 0 radical (unpaired) electrons. The lowest BCUT2D eigenvalue weighted by Gasteiger charge is -2.20. The molecule has 31 heavy (non-hydrogen) atoms. The van der Waals surface area contributed by atoms with Gasteiger partial charge in [-0.2, -0.15) is 0 Å². The maximum absolute atomic E-state index is 13.4. The molecule has 2 atom stereocenters. The minimum atomic E-state index is -0.171. The van der Waals surface area contributed by atoms with Gasteiger partial charge in [0.05, 0.1) is 11.6 Å². The van der Waals surface area contributed by atoms with E-state index in [9.17, 15) is 9.59 Å². The summed E-state index contributed by atoms with van der Waals surface area (Å²) in [7, 11) is 0. The van der Waals surface area contributed by atoms with Crippen LogP contribution in [0.15, 0.2) is 54.6 Å². The molecule has 0 unspecified atom stereocenters. The van der Waals surface area contributed by atoms with Crippen LogP contribution in [0.1, 0.15) is 68.6 Å². The molecule has 4 nitrogen and oxygen atoms in total. The van der Waals surface area contributed by atoms with Crippen LogP contribution in [0.2, 0.25) is 0 Å². The van der Waals surface area contributed by atoms with E-state index in [-0.39, 0.29) is 17.9 Å². The Hall–Kier alpha value is -2.92. The van der Waals surface area contributed by atoms with Gasteiger partial charge in [0.25, 0.3) is 11.8 Å². The van der Waals surface area contributed by atoms with Gasteiger partial charge in [-0.1, -0.05) is 55.5 Å². The predicted molar refractivity (Wildman–Crippen MR) is 127 cm³/mol. The van der Waals surface area contributed by atoms with Gasteiger partial charge in [0.15, 0.2) is 0 Å². The molecule has 0 saturated carbocycles. The van der Waals surface area contributed by atoms with E-state index in [1.807, 2.05) is 68.4 Å². The first-order valence-corrected chi connectivity index (χ1v) is 11.6. The first-order valence-electron chi connectivity index (χ1n) is 10.8. The Bertz CT molecular complexity index is 1100. The normalized spacial score (nSPS) is 16.3. The van der Waals surface area contributed by atoms with E-state index in [4.69, 9.17) is 0 Å². The van der Waals surface area contributed by atoms with E-state index in [2.05, 4.69) is 17.6 Å². The van der Waals surface area contributed by atoms with Crippen LogP contribution in [-0.2, 0) is 12.8 Å². The zero-order chi connectivity index (χ0) is 22.0. The fourth-order valence-electron chi connectivity index (χ4n) is 4.17. The standard InChI is InChI=1S/C26H28N2O2S/c1-16-13-14-21-22(15-16)31-26(28-24(29)20-12-8-7-9-17(20)2)23(21)25(30)27-18(3)19-10-5-4-6-11-19/h4-12,16,18H,13-15H2,1-3H3,(H,27,30)(H,28,29)/t16-,18+/m1/s1. The molecule has 2 amide bonds. The molecule has 0 saturated heterocycles. The Morgan fingerprint density at radius 1 is 1.03 bits per heavy atom. The van der Waals surface area contributed by atoms with Gasteiger partial charge < -0.3 is 10.6 Å². The average molecular weight is 433 g/mol. The van der Waals surface area contributed by atoms with Crippen LogP contribution < -0.4 is 10.6 Å². The van der Waals surface area contributed by atoms with Crippen LogP contribution in [0, 0.1) is 12.8 Å². The highest BCUT2D eigenvalue weighted by molar-refractivity contribution is 7.17. The number of nitrogens with one attached hydrogen (secondary N) is 2. The molecule has 0 aliphatic heterocycles. The van der Waals surface area contributed by atoms with Gasteiger partial charge in [0.1, 0.15) is 5.00 Å². The number of carbonyl (C=O) groups is 2. The fourth-order valence-corrected chi connectivity index (χ4v) is 5.57. The molecule has 1 heterocycles. The molecule has 1 aliphatic rings. The highest BCUT2D eigenvalue weighted by Gasteiger charge is 2.29. The first kappa shape index (κ1) is 21.3. The van der Waals surface area contributed by atoms with E-state index in [1.165, 1.54) is 4.88 Å². The SMILES string of the molecule is Cc1ccccc1C(=O)Nc1sc2c(c1C(=O)N[C@@H](C)c1ccccc1)CC[C@@H](C)C2. The van der Waals surface area contributed by atoms with Crippen molar-refractivity contribution in [1.82, 2.24) is 5.32 Å². The van der Waals surface area contributed by atoms with Gasteiger partial charge in [-0.3, -0.25) is 9.59 Å². The summed E-state index contributed by atoms with van der Waals surface area (Å²) in [6, 6.07) is 17.3. The summed E-state index contributed by atoms with van der Waals surface area (Å²) in [5.41, 5.74) is 4.33. The fraction of sp³-hybridized carbons (Fsp3) is 0.308. The molecule has 2 N–H and O–H groups in total. The van der Waals surface area contributed by atoms with Crippen molar-refractivity contribution in [2.45, 2.75) is 46.1 Å². The zero-order valence-electron chi connectivity index (χ0n) is 18.2. The molecule has 0 bridgehead atoms. The number of hydrogen-bond donors (Lipinski definition) is 2. The Morgan fingerprint density at radius 3 is 2.48 bits per heavy atom. The number of aryl methyl sites for hydroxylation is 1. The monoisotopic (exact) mass is 432 g/mol. The van der Waals surface area contributed by atoms with Crippen molar-refractivity contribution in [2.24, 2.45) is 5.92 Å². The van der Waals surface area contributed by atoms with Crippen molar-refractivity contribution in [3.8, 4) is 0 Å². The first-order chi connectivity index (χ1) is 14.9. The van der Waals surface area contributed by atoms with Crippen LogP contribution >= 0.6 is 11.3 Å². The van der Waals surface area contributed by atoms with Gasteiger partial charge in [-0.15, -0.1) is 11.3 Å². The summed E-state index contributed by atoms with van der Waals surface area (Å²) >= 11 is 1.55. The molecule has 3 aromatic rings. The number of carbonyl (C=O) groups excluding carboxylic acids is 2. The second kappa shape index (κ2) is 9.06. The number of benzene rings is 2. The van der Waals surface area contributed by atoms with Crippen LogP contribution in [0.5, 0.6) is 0 Å². The van der Waals surface area contributed by atoms with Crippen molar-refractivity contribution in [1.29, 1.82) is 0 Å². The molecular weight excluding hydrogens is 404 g/mol. The topological polar surface area (TPSA) is 58.2 Å². The molecular formula is C26H28N2O2S. The van der Waals surface area contributed by atoms with Crippen molar-refractivity contribution in [3.63, 3.8) is 0 Å². The predicted octanol–water partition coefficient (Wildman–Crippen LogP) is 5.92. The number of rotatable bonds is 5. The maximum Gasteiger partial charge on any atom is 0.256 e. The highest BCUT2D eigenvalue weighted by Crippen LogP contribution is 2.40. The number of anilines is 1. The Labute approximate surface area is 187 Å². The summed E-state index contributed by atoms with van der Waals surface area (Å²) in [6.45, 7) is 6.15. The van der Waals surface area contributed by atoms with Gasteiger partial charge in [-0.05, 0) is 61.8 Å². The third-order valence-electron chi connectivity index (χ3n) is 6.00.